The number of aromatic nitrogens is 1. The first kappa shape index (κ1) is 22.6. The molecule has 0 bridgehead atoms. The van der Waals surface area contributed by atoms with Gasteiger partial charge in [0.2, 0.25) is 0 Å². The standard InChI is InChI=1S/C19H17ClF3NO5/c1-28-17(26)11-3-4-12(14(20)7-11)13(9-25)16(19(21,22)23)10-5-6-24-15(8-10)18(27)29-2/h3-8,13,16,25H,9H2,1-2H3. The molecule has 6 nitrogen and oxygen atoms in total. The van der Waals surface area contributed by atoms with Crippen molar-refractivity contribution in [1.82, 2.24) is 4.98 Å². The second-order valence-electron chi connectivity index (χ2n) is 6.00. The van der Waals surface area contributed by atoms with Crippen LogP contribution in [0.4, 0.5) is 13.2 Å². The lowest BCUT2D eigenvalue weighted by molar-refractivity contribution is -0.158. The summed E-state index contributed by atoms with van der Waals surface area (Å²) in [6, 6.07) is 5.73. The Morgan fingerprint density at radius 1 is 1.14 bits per heavy atom. The largest absolute Gasteiger partial charge is 0.465 e. The van der Waals surface area contributed by atoms with Gasteiger partial charge >= 0.3 is 18.1 Å². The van der Waals surface area contributed by atoms with Crippen molar-refractivity contribution in [3.8, 4) is 0 Å². The molecule has 0 aliphatic carbocycles. The number of esters is 2. The fourth-order valence-electron chi connectivity index (χ4n) is 2.96. The van der Waals surface area contributed by atoms with Gasteiger partial charge in [0.05, 0.1) is 32.3 Å². The molecule has 0 amide bonds. The number of aliphatic hydroxyl groups excluding tert-OH is 1. The van der Waals surface area contributed by atoms with E-state index in [1.807, 2.05) is 0 Å². The summed E-state index contributed by atoms with van der Waals surface area (Å²) in [5.74, 6) is -5.29. The number of hydrogen-bond donors (Lipinski definition) is 1. The van der Waals surface area contributed by atoms with Crippen LogP contribution in [0.15, 0.2) is 36.5 Å². The fraction of sp³-hybridized carbons (Fsp3) is 0.316. The smallest absolute Gasteiger partial charge is 0.396 e. The van der Waals surface area contributed by atoms with E-state index in [2.05, 4.69) is 14.5 Å². The molecule has 0 fully saturated rings. The summed E-state index contributed by atoms with van der Waals surface area (Å²) < 4.78 is 51.0. The average Bonchev–Trinajstić information content (AvgIpc) is 2.70. The van der Waals surface area contributed by atoms with Gasteiger partial charge in [0, 0.05) is 17.1 Å². The Morgan fingerprint density at radius 2 is 1.79 bits per heavy atom. The minimum Gasteiger partial charge on any atom is -0.465 e. The molecule has 10 heteroatoms. The molecule has 0 aliphatic heterocycles. The maximum atomic E-state index is 14.0. The Kier molecular flexibility index (Phi) is 7.21. The Labute approximate surface area is 169 Å². The fourth-order valence-corrected chi connectivity index (χ4v) is 3.28. The lowest BCUT2D eigenvalue weighted by Gasteiger charge is -2.29. The quantitative estimate of drug-likeness (QED) is 0.701. The van der Waals surface area contributed by atoms with Gasteiger partial charge in [-0.3, -0.25) is 0 Å². The number of aliphatic hydroxyl groups is 1. The van der Waals surface area contributed by atoms with Crippen LogP contribution < -0.4 is 0 Å². The van der Waals surface area contributed by atoms with Gasteiger partial charge in [0.25, 0.3) is 0 Å². The van der Waals surface area contributed by atoms with E-state index in [1.54, 1.807) is 0 Å². The number of methoxy groups -OCH3 is 2. The van der Waals surface area contributed by atoms with Crippen molar-refractivity contribution < 1.29 is 37.3 Å². The molecule has 0 spiro atoms. The molecule has 0 radical (unpaired) electrons. The molecule has 29 heavy (non-hydrogen) atoms. The van der Waals surface area contributed by atoms with Crippen molar-refractivity contribution >= 4 is 23.5 Å². The van der Waals surface area contributed by atoms with Crippen molar-refractivity contribution in [2.75, 3.05) is 20.8 Å². The van der Waals surface area contributed by atoms with E-state index in [0.29, 0.717) is 0 Å². The van der Waals surface area contributed by atoms with Gasteiger partial charge < -0.3 is 14.6 Å². The predicted molar refractivity (Wildman–Crippen MR) is 97.0 cm³/mol. The van der Waals surface area contributed by atoms with Crippen molar-refractivity contribution in [2.45, 2.75) is 18.0 Å². The molecular weight excluding hydrogens is 415 g/mol. The highest BCUT2D eigenvalue weighted by molar-refractivity contribution is 6.31. The highest BCUT2D eigenvalue weighted by Gasteiger charge is 2.46. The summed E-state index contributed by atoms with van der Waals surface area (Å²) in [4.78, 5) is 27.0. The van der Waals surface area contributed by atoms with Crippen LogP contribution in [0.2, 0.25) is 5.02 Å². The highest BCUT2D eigenvalue weighted by Crippen LogP contribution is 2.46. The topological polar surface area (TPSA) is 85.7 Å². The number of pyridine rings is 1. The maximum absolute atomic E-state index is 14.0. The van der Waals surface area contributed by atoms with Crippen LogP contribution in [-0.4, -0.2) is 49.0 Å². The van der Waals surface area contributed by atoms with Gasteiger partial charge in [0.1, 0.15) is 5.69 Å². The third-order valence-electron chi connectivity index (χ3n) is 4.31. The number of carbonyl (C=O) groups is 2. The molecule has 2 atom stereocenters. The van der Waals surface area contributed by atoms with Crippen LogP contribution in [0, 0.1) is 0 Å². The van der Waals surface area contributed by atoms with Gasteiger partial charge in [0.15, 0.2) is 0 Å². The zero-order chi connectivity index (χ0) is 21.8. The molecule has 0 aliphatic rings. The summed E-state index contributed by atoms with van der Waals surface area (Å²) in [5, 5.41) is 9.66. The predicted octanol–water partition coefficient (Wildman–Crippen LogP) is 3.73. The Balaban J connectivity index is 2.57. The number of nitrogens with zero attached hydrogens (tertiary/aromatic N) is 1. The number of rotatable bonds is 6. The molecule has 2 rings (SSSR count). The Morgan fingerprint density at radius 3 is 2.31 bits per heavy atom. The van der Waals surface area contributed by atoms with Crippen molar-refractivity contribution in [2.24, 2.45) is 0 Å². The zero-order valence-electron chi connectivity index (χ0n) is 15.4. The van der Waals surface area contributed by atoms with E-state index < -0.39 is 36.6 Å². The second kappa shape index (κ2) is 9.23. The van der Waals surface area contributed by atoms with Gasteiger partial charge in [-0.05, 0) is 35.4 Å². The summed E-state index contributed by atoms with van der Waals surface area (Å²) in [6.07, 6.45) is -3.73. The molecule has 2 unspecified atom stereocenters. The van der Waals surface area contributed by atoms with Crippen LogP contribution in [-0.2, 0) is 9.47 Å². The minimum absolute atomic E-state index is 0.0134. The zero-order valence-corrected chi connectivity index (χ0v) is 16.1. The number of alkyl halides is 3. The molecule has 1 aromatic heterocycles. The van der Waals surface area contributed by atoms with Gasteiger partial charge in [-0.2, -0.15) is 13.2 Å². The van der Waals surface area contributed by atoms with E-state index >= 15 is 0 Å². The molecule has 0 saturated heterocycles. The number of benzene rings is 1. The van der Waals surface area contributed by atoms with E-state index in [1.165, 1.54) is 18.2 Å². The molecule has 2 aromatic rings. The highest BCUT2D eigenvalue weighted by atomic mass is 35.5. The van der Waals surface area contributed by atoms with Crippen molar-refractivity contribution in [3.05, 3.63) is 63.9 Å². The number of hydrogen-bond acceptors (Lipinski definition) is 6. The molecule has 0 saturated carbocycles. The number of carbonyl (C=O) groups excluding carboxylic acids is 2. The third kappa shape index (κ3) is 5.04. The molecule has 1 N–H and O–H groups in total. The van der Waals surface area contributed by atoms with Crippen molar-refractivity contribution in [3.63, 3.8) is 0 Å². The van der Waals surface area contributed by atoms with E-state index in [4.69, 9.17) is 11.6 Å². The van der Waals surface area contributed by atoms with Gasteiger partial charge in [-0.25, -0.2) is 14.6 Å². The number of ether oxygens (including phenoxy) is 2. The minimum atomic E-state index is -4.79. The first-order chi connectivity index (χ1) is 13.6. The molecule has 1 aromatic carbocycles. The summed E-state index contributed by atoms with van der Waals surface area (Å²) in [6.45, 7) is -0.892. The second-order valence-corrected chi connectivity index (χ2v) is 6.41. The average molecular weight is 432 g/mol. The van der Waals surface area contributed by atoms with Crippen LogP contribution in [0.3, 0.4) is 0 Å². The van der Waals surface area contributed by atoms with E-state index in [9.17, 15) is 27.9 Å². The summed E-state index contributed by atoms with van der Waals surface area (Å²) >= 11 is 6.12. The maximum Gasteiger partial charge on any atom is 0.396 e. The first-order valence-electron chi connectivity index (χ1n) is 8.23. The van der Waals surface area contributed by atoms with Crippen LogP contribution in [0.1, 0.15) is 43.8 Å². The summed E-state index contributed by atoms with van der Waals surface area (Å²) in [7, 11) is 2.24. The van der Waals surface area contributed by atoms with Crippen LogP contribution >= 0.6 is 11.6 Å². The van der Waals surface area contributed by atoms with Gasteiger partial charge in [-0.1, -0.05) is 17.7 Å². The Hall–Kier alpha value is -2.65. The third-order valence-corrected chi connectivity index (χ3v) is 4.64. The van der Waals surface area contributed by atoms with Gasteiger partial charge in [-0.15, -0.1) is 0 Å². The molecule has 156 valence electrons. The first-order valence-corrected chi connectivity index (χ1v) is 8.61. The Bertz CT molecular complexity index is 904. The van der Waals surface area contributed by atoms with Crippen LogP contribution in [0.5, 0.6) is 0 Å². The summed E-state index contributed by atoms with van der Waals surface area (Å²) in [5.41, 5.74) is -0.554. The lowest BCUT2D eigenvalue weighted by atomic mass is 9.81. The van der Waals surface area contributed by atoms with Crippen molar-refractivity contribution in [1.29, 1.82) is 0 Å². The SMILES string of the molecule is COC(=O)c1ccc(C(CO)C(c2ccnc(C(=O)OC)c2)C(F)(F)F)c(Cl)c1. The number of halogens is 4. The normalized spacial score (nSPS) is 13.5. The van der Waals surface area contributed by atoms with E-state index in [-0.39, 0.29) is 27.4 Å². The molecular formula is C19H17ClF3NO5. The van der Waals surface area contributed by atoms with E-state index in [0.717, 1.165) is 32.5 Å². The monoisotopic (exact) mass is 431 g/mol. The lowest BCUT2D eigenvalue weighted by Crippen LogP contribution is -2.29. The molecule has 1 heterocycles. The van der Waals surface area contributed by atoms with Crippen LogP contribution in [0.25, 0.3) is 0 Å².